The number of nitriles is 1. The van der Waals surface area contributed by atoms with Crippen LogP contribution in [0.4, 0.5) is 0 Å². The molecular weight excluding hydrogens is 252 g/mol. The van der Waals surface area contributed by atoms with Crippen molar-refractivity contribution in [2.75, 3.05) is 26.8 Å². The average molecular weight is 276 g/mol. The van der Waals surface area contributed by atoms with Gasteiger partial charge < -0.3 is 10.5 Å². The van der Waals surface area contributed by atoms with Crippen LogP contribution in [0.5, 0.6) is 0 Å². The van der Waals surface area contributed by atoms with Crippen molar-refractivity contribution >= 4 is 0 Å². The molecule has 2 unspecified atom stereocenters. The van der Waals surface area contributed by atoms with E-state index in [1.807, 2.05) is 18.3 Å². The Morgan fingerprint density at radius 1 is 1.50 bits per heavy atom. The van der Waals surface area contributed by atoms with Crippen LogP contribution in [0.25, 0.3) is 0 Å². The number of hydrogen-bond donors (Lipinski definition) is 1. The Labute approximate surface area is 121 Å². The lowest BCUT2D eigenvalue weighted by Crippen LogP contribution is -2.42. The molecule has 0 amide bonds. The van der Waals surface area contributed by atoms with Crippen LogP contribution in [0.1, 0.15) is 31.4 Å². The SMILES string of the molecule is CCC(N)C(c1cccnc1)N(CCC#N)CCOC. The van der Waals surface area contributed by atoms with E-state index in [0.29, 0.717) is 19.6 Å². The molecule has 5 nitrogen and oxygen atoms in total. The normalized spacial score (nSPS) is 13.9. The van der Waals surface area contributed by atoms with Crippen molar-refractivity contribution in [2.45, 2.75) is 31.8 Å². The molecule has 2 atom stereocenters. The summed E-state index contributed by atoms with van der Waals surface area (Å²) in [6.45, 7) is 4.14. The smallest absolute Gasteiger partial charge is 0.0635 e. The lowest BCUT2D eigenvalue weighted by Gasteiger charge is -2.35. The van der Waals surface area contributed by atoms with Gasteiger partial charge in [0.1, 0.15) is 0 Å². The summed E-state index contributed by atoms with van der Waals surface area (Å²) in [5.74, 6) is 0. The summed E-state index contributed by atoms with van der Waals surface area (Å²) >= 11 is 0. The molecular formula is C15H24N4O. The fraction of sp³-hybridized carbons (Fsp3) is 0.600. The Morgan fingerprint density at radius 3 is 2.85 bits per heavy atom. The second kappa shape index (κ2) is 9.43. The van der Waals surface area contributed by atoms with Crippen molar-refractivity contribution in [3.8, 4) is 6.07 Å². The zero-order valence-electron chi connectivity index (χ0n) is 12.3. The van der Waals surface area contributed by atoms with Gasteiger partial charge in [-0.15, -0.1) is 0 Å². The first-order valence-corrected chi connectivity index (χ1v) is 7.00. The van der Waals surface area contributed by atoms with Gasteiger partial charge >= 0.3 is 0 Å². The number of aromatic nitrogens is 1. The molecule has 110 valence electrons. The molecule has 20 heavy (non-hydrogen) atoms. The van der Waals surface area contributed by atoms with Crippen molar-refractivity contribution in [1.82, 2.24) is 9.88 Å². The maximum atomic E-state index is 8.84. The summed E-state index contributed by atoms with van der Waals surface area (Å²) in [6, 6.07) is 6.24. The van der Waals surface area contributed by atoms with E-state index in [1.165, 1.54) is 0 Å². The van der Waals surface area contributed by atoms with Crippen molar-refractivity contribution < 1.29 is 4.74 Å². The predicted octanol–water partition coefficient (Wildman–Crippen LogP) is 1.72. The third-order valence-corrected chi connectivity index (χ3v) is 3.39. The van der Waals surface area contributed by atoms with Crippen LogP contribution in [0.3, 0.4) is 0 Å². The standard InChI is InChI=1S/C15H24N4O/c1-3-14(17)15(13-6-4-8-18-12-13)19(9-5-7-16)10-11-20-2/h4,6,8,12,14-15H,3,5,9-11,17H2,1-2H3. The molecule has 1 rings (SSSR count). The van der Waals surface area contributed by atoms with Crippen molar-refractivity contribution in [3.05, 3.63) is 30.1 Å². The highest BCUT2D eigenvalue weighted by Gasteiger charge is 2.25. The fourth-order valence-electron chi connectivity index (χ4n) is 2.30. The minimum Gasteiger partial charge on any atom is -0.383 e. The van der Waals surface area contributed by atoms with E-state index in [9.17, 15) is 0 Å². The largest absolute Gasteiger partial charge is 0.383 e. The van der Waals surface area contributed by atoms with Gasteiger partial charge in [-0.1, -0.05) is 13.0 Å². The molecule has 0 aliphatic carbocycles. The molecule has 0 saturated carbocycles. The second-order valence-corrected chi connectivity index (χ2v) is 4.74. The number of nitrogens with zero attached hydrogens (tertiary/aromatic N) is 3. The molecule has 1 heterocycles. The van der Waals surface area contributed by atoms with Gasteiger partial charge in [-0.3, -0.25) is 9.88 Å². The Balaban J connectivity index is 2.94. The zero-order valence-corrected chi connectivity index (χ0v) is 12.3. The van der Waals surface area contributed by atoms with Crippen LogP contribution < -0.4 is 5.73 Å². The quantitative estimate of drug-likeness (QED) is 0.743. The minimum atomic E-state index is 0.00903. The van der Waals surface area contributed by atoms with Gasteiger partial charge in [0.15, 0.2) is 0 Å². The first-order chi connectivity index (χ1) is 9.74. The fourth-order valence-corrected chi connectivity index (χ4v) is 2.30. The summed E-state index contributed by atoms with van der Waals surface area (Å²) in [5, 5.41) is 8.84. The molecule has 0 aromatic carbocycles. The molecule has 1 aromatic heterocycles. The van der Waals surface area contributed by atoms with Crippen LogP contribution in [0, 0.1) is 11.3 Å². The molecule has 5 heteroatoms. The molecule has 0 saturated heterocycles. The van der Waals surface area contributed by atoms with Crippen LogP contribution >= 0.6 is 0 Å². The molecule has 0 fully saturated rings. The maximum absolute atomic E-state index is 8.84. The van der Waals surface area contributed by atoms with E-state index in [-0.39, 0.29) is 12.1 Å². The summed E-state index contributed by atoms with van der Waals surface area (Å²) in [5.41, 5.74) is 7.39. The van der Waals surface area contributed by atoms with Crippen molar-refractivity contribution in [2.24, 2.45) is 5.73 Å². The van der Waals surface area contributed by atoms with E-state index in [4.69, 9.17) is 15.7 Å². The van der Waals surface area contributed by atoms with Crippen LogP contribution in [-0.4, -0.2) is 42.7 Å². The first-order valence-electron chi connectivity index (χ1n) is 7.00. The monoisotopic (exact) mass is 276 g/mol. The van der Waals surface area contributed by atoms with E-state index < -0.39 is 0 Å². The third-order valence-electron chi connectivity index (χ3n) is 3.39. The highest BCUT2D eigenvalue weighted by molar-refractivity contribution is 5.16. The highest BCUT2D eigenvalue weighted by atomic mass is 16.5. The zero-order chi connectivity index (χ0) is 14.8. The van der Waals surface area contributed by atoms with Crippen molar-refractivity contribution in [1.29, 1.82) is 5.26 Å². The third kappa shape index (κ3) is 4.89. The van der Waals surface area contributed by atoms with Crippen LogP contribution in [0.2, 0.25) is 0 Å². The summed E-state index contributed by atoms with van der Waals surface area (Å²) in [6.07, 6.45) is 4.96. The van der Waals surface area contributed by atoms with E-state index >= 15 is 0 Å². The number of methoxy groups -OCH3 is 1. The molecule has 0 aliphatic heterocycles. The summed E-state index contributed by atoms with van der Waals surface area (Å²) in [4.78, 5) is 6.41. The minimum absolute atomic E-state index is 0.00903. The molecule has 0 aliphatic rings. The topological polar surface area (TPSA) is 75.2 Å². The number of ether oxygens (including phenoxy) is 1. The van der Waals surface area contributed by atoms with Gasteiger partial charge in [-0.2, -0.15) is 5.26 Å². The van der Waals surface area contributed by atoms with Crippen LogP contribution in [-0.2, 0) is 4.74 Å². The van der Waals surface area contributed by atoms with Gasteiger partial charge in [-0.25, -0.2) is 0 Å². The van der Waals surface area contributed by atoms with Gasteiger partial charge in [0.2, 0.25) is 0 Å². The Bertz CT molecular complexity index is 404. The van der Waals surface area contributed by atoms with Gasteiger partial charge in [0, 0.05) is 45.1 Å². The van der Waals surface area contributed by atoms with Crippen molar-refractivity contribution in [3.63, 3.8) is 0 Å². The van der Waals surface area contributed by atoms with Gasteiger partial charge in [0.05, 0.1) is 18.7 Å². The average Bonchev–Trinajstić information content (AvgIpc) is 2.50. The lowest BCUT2D eigenvalue weighted by atomic mass is 9.97. The number of nitrogens with two attached hydrogens (primary N) is 1. The molecule has 1 aromatic rings. The van der Waals surface area contributed by atoms with Crippen LogP contribution in [0.15, 0.2) is 24.5 Å². The number of pyridine rings is 1. The Kier molecular flexibility index (Phi) is 7.81. The van der Waals surface area contributed by atoms with Gasteiger partial charge in [0.25, 0.3) is 0 Å². The second-order valence-electron chi connectivity index (χ2n) is 4.74. The predicted molar refractivity (Wildman–Crippen MR) is 78.9 cm³/mol. The molecule has 2 N–H and O–H groups in total. The van der Waals surface area contributed by atoms with E-state index in [2.05, 4.69) is 22.9 Å². The summed E-state index contributed by atoms with van der Waals surface area (Å²) in [7, 11) is 1.68. The lowest BCUT2D eigenvalue weighted by molar-refractivity contribution is 0.109. The van der Waals surface area contributed by atoms with Gasteiger partial charge in [-0.05, 0) is 18.1 Å². The Hall–Kier alpha value is -1.48. The molecule has 0 spiro atoms. The Morgan fingerprint density at radius 2 is 2.30 bits per heavy atom. The molecule has 0 bridgehead atoms. The summed E-state index contributed by atoms with van der Waals surface area (Å²) < 4.78 is 5.17. The number of rotatable bonds is 9. The van der Waals surface area contributed by atoms with E-state index in [0.717, 1.165) is 18.5 Å². The first kappa shape index (κ1) is 16.6. The maximum Gasteiger partial charge on any atom is 0.0635 e. The number of hydrogen-bond acceptors (Lipinski definition) is 5. The molecule has 0 radical (unpaired) electrons. The van der Waals surface area contributed by atoms with E-state index in [1.54, 1.807) is 13.3 Å². The highest BCUT2D eigenvalue weighted by Crippen LogP contribution is 2.24.